The summed E-state index contributed by atoms with van der Waals surface area (Å²) in [6, 6.07) is 3.14. The number of benzene rings is 1. The van der Waals surface area contributed by atoms with Gasteiger partial charge in [0.25, 0.3) is 0 Å². The number of hydrogen-bond acceptors (Lipinski definition) is 3. The van der Waals surface area contributed by atoms with E-state index in [2.05, 4.69) is 0 Å². The van der Waals surface area contributed by atoms with Crippen molar-refractivity contribution in [3.8, 4) is 5.75 Å². The van der Waals surface area contributed by atoms with Crippen LogP contribution >= 0.6 is 0 Å². The molecule has 1 aromatic rings. The average Bonchev–Trinajstić information content (AvgIpc) is 3.06. The fraction of sp³-hybridized carbons (Fsp3) is 0.364. The van der Waals surface area contributed by atoms with E-state index in [4.69, 9.17) is 5.73 Å². The lowest BCUT2D eigenvalue weighted by Crippen LogP contribution is -2.42. The largest absolute Gasteiger partial charge is 0.506 e. The molecule has 2 rings (SSSR count). The maximum absolute atomic E-state index is 12.5. The van der Waals surface area contributed by atoms with Gasteiger partial charge in [0.2, 0.25) is 0 Å². The second-order valence-corrected chi connectivity index (χ2v) is 4.15. The number of alkyl halides is 3. The van der Waals surface area contributed by atoms with E-state index in [1.54, 1.807) is 0 Å². The predicted molar refractivity (Wildman–Crippen MR) is 59.1 cm³/mol. The number of carbonyl (C=O) groups is 1. The van der Waals surface area contributed by atoms with Crippen LogP contribution in [0.3, 0.4) is 0 Å². The van der Waals surface area contributed by atoms with E-state index in [1.165, 1.54) is 12.1 Å². The SMILES string of the molecule is Nc1cc(N(C(=O)C(F)(F)F)C2CC2)ccc1O. The molecule has 0 heterocycles. The maximum atomic E-state index is 12.5. The van der Waals surface area contributed by atoms with Gasteiger partial charge in [-0.3, -0.25) is 4.79 Å². The van der Waals surface area contributed by atoms with Crippen LogP contribution in [0.15, 0.2) is 18.2 Å². The molecule has 1 fully saturated rings. The van der Waals surface area contributed by atoms with Crippen molar-refractivity contribution in [2.24, 2.45) is 0 Å². The third-order valence-corrected chi connectivity index (χ3v) is 2.66. The summed E-state index contributed by atoms with van der Waals surface area (Å²) >= 11 is 0. The molecule has 18 heavy (non-hydrogen) atoms. The van der Waals surface area contributed by atoms with E-state index in [1.807, 2.05) is 0 Å². The Kier molecular flexibility index (Phi) is 2.84. The fourth-order valence-electron chi connectivity index (χ4n) is 1.65. The van der Waals surface area contributed by atoms with Crippen molar-refractivity contribution in [3.05, 3.63) is 18.2 Å². The molecule has 1 saturated carbocycles. The van der Waals surface area contributed by atoms with Gasteiger partial charge in [-0.25, -0.2) is 0 Å². The minimum absolute atomic E-state index is 0.0510. The lowest BCUT2D eigenvalue weighted by molar-refractivity contribution is -0.170. The number of anilines is 2. The number of amides is 1. The molecule has 1 aliphatic rings. The van der Waals surface area contributed by atoms with Gasteiger partial charge in [0.1, 0.15) is 5.75 Å². The van der Waals surface area contributed by atoms with Gasteiger partial charge in [-0.2, -0.15) is 13.2 Å². The van der Waals surface area contributed by atoms with Crippen molar-refractivity contribution in [1.82, 2.24) is 0 Å². The molecule has 7 heteroatoms. The van der Waals surface area contributed by atoms with Crippen molar-refractivity contribution in [2.75, 3.05) is 10.6 Å². The number of carbonyl (C=O) groups excluding carboxylic acids is 1. The van der Waals surface area contributed by atoms with E-state index in [0.29, 0.717) is 17.7 Å². The van der Waals surface area contributed by atoms with Gasteiger partial charge < -0.3 is 15.7 Å². The number of nitrogens with two attached hydrogens (primary N) is 1. The number of halogens is 3. The quantitative estimate of drug-likeness (QED) is 0.631. The van der Waals surface area contributed by atoms with Gasteiger partial charge in [0.15, 0.2) is 0 Å². The first kappa shape index (κ1) is 12.5. The topological polar surface area (TPSA) is 66.6 Å². The monoisotopic (exact) mass is 260 g/mol. The number of hydrogen-bond donors (Lipinski definition) is 2. The van der Waals surface area contributed by atoms with Crippen LogP contribution in [0.5, 0.6) is 5.75 Å². The van der Waals surface area contributed by atoms with E-state index in [9.17, 15) is 23.1 Å². The van der Waals surface area contributed by atoms with E-state index < -0.39 is 18.1 Å². The summed E-state index contributed by atoms with van der Waals surface area (Å²) in [7, 11) is 0. The summed E-state index contributed by atoms with van der Waals surface area (Å²) < 4.78 is 37.4. The molecule has 1 aliphatic carbocycles. The fourth-order valence-corrected chi connectivity index (χ4v) is 1.65. The number of nitrogen functional groups attached to an aromatic ring is 1. The van der Waals surface area contributed by atoms with Crippen molar-refractivity contribution in [3.63, 3.8) is 0 Å². The summed E-state index contributed by atoms with van der Waals surface area (Å²) in [5.74, 6) is -2.14. The van der Waals surface area contributed by atoms with Gasteiger partial charge in [-0.1, -0.05) is 0 Å². The Bertz CT molecular complexity index is 484. The van der Waals surface area contributed by atoms with Crippen LogP contribution in [0.25, 0.3) is 0 Å². The normalized spacial score (nSPS) is 15.5. The number of phenols is 1. The predicted octanol–water partition coefficient (Wildman–Crippen LogP) is 2.03. The highest BCUT2D eigenvalue weighted by Gasteiger charge is 2.47. The van der Waals surface area contributed by atoms with Gasteiger partial charge in [-0.05, 0) is 31.0 Å². The zero-order chi connectivity index (χ0) is 13.5. The maximum Gasteiger partial charge on any atom is 0.471 e. The molecule has 0 radical (unpaired) electrons. The third-order valence-electron chi connectivity index (χ3n) is 2.66. The number of phenolic OH excluding ortho intramolecular Hbond substituents is 1. The van der Waals surface area contributed by atoms with Crippen LogP contribution in [0.2, 0.25) is 0 Å². The minimum Gasteiger partial charge on any atom is -0.506 e. The first-order valence-electron chi connectivity index (χ1n) is 5.29. The molecule has 98 valence electrons. The molecule has 0 aliphatic heterocycles. The van der Waals surface area contributed by atoms with Gasteiger partial charge in [0, 0.05) is 11.7 Å². The average molecular weight is 260 g/mol. The Hall–Kier alpha value is -1.92. The Balaban J connectivity index is 2.36. The molecule has 0 bridgehead atoms. The van der Waals surface area contributed by atoms with Crippen molar-refractivity contribution in [2.45, 2.75) is 25.1 Å². The van der Waals surface area contributed by atoms with Crippen molar-refractivity contribution >= 4 is 17.3 Å². The lowest BCUT2D eigenvalue weighted by atomic mass is 10.2. The van der Waals surface area contributed by atoms with Crippen molar-refractivity contribution < 1.29 is 23.1 Å². The van der Waals surface area contributed by atoms with Crippen LogP contribution in [0.4, 0.5) is 24.5 Å². The standard InChI is InChI=1S/C11H11F3N2O2/c12-11(13,14)10(18)16(6-1-2-6)7-3-4-9(17)8(15)5-7/h3-6,17H,1-2,15H2. The Morgan fingerprint density at radius 3 is 2.44 bits per heavy atom. The number of aromatic hydroxyl groups is 1. The summed E-state index contributed by atoms with van der Waals surface area (Å²) in [6.07, 6.45) is -3.86. The first-order valence-corrected chi connectivity index (χ1v) is 5.29. The van der Waals surface area contributed by atoms with E-state index in [-0.39, 0.29) is 17.1 Å². The Labute approximate surface area is 101 Å². The Morgan fingerprint density at radius 2 is 2.00 bits per heavy atom. The summed E-state index contributed by atoms with van der Waals surface area (Å²) in [6.45, 7) is 0. The van der Waals surface area contributed by atoms with Gasteiger partial charge in [-0.15, -0.1) is 0 Å². The molecule has 1 aromatic carbocycles. The molecule has 0 atom stereocenters. The second kappa shape index (κ2) is 4.08. The van der Waals surface area contributed by atoms with Crippen LogP contribution in [0, 0.1) is 0 Å². The molecular formula is C11H11F3N2O2. The molecule has 0 unspecified atom stereocenters. The summed E-state index contributed by atoms with van der Waals surface area (Å²) in [5.41, 5.74) is 5.41. The van der Waals surface area contributed by atoms with Gasteiger partial charge in [0.05, 0.1) is 5.69 Å². The van der Waals surface area contributed by atoms with Crippen LogP contribution < -0.4 is 10.6 Å². The molecule has 0 spiro atoms. The number of rotatable bonds is 2. The van der Waals surface area contributed by atoms with E-state index >= 15 is 0 Å². The first-order chi connectivity index (χ1) is 8.30. The Morgan fingerprint density at radius 1 is 1.39 bits per heavy atom. The highest BCUT2D eigenvalue weighted by atomic mass is 19.4. The minimum atomic E-state index is -4.92. The van der Waals surface area contributed by atoms with Crippen LogP contribution in [0.1, 0.15) is 12.8 Å². The van der Waals surface area contributed by atoms with Crippen molar-refractivity contribution in [1.29, 1.82) is 0 Å². The zero-order valence-electron chi connectivity index (χ0n) is 9.24. The third kappa shape index (κ3) is 2.34. The zero-order valence-corrected chi connectivity index (χ0v) is 9.24. The number of nitrogens with zero attached hydrogens (tertiary/aromatic N) is 1. The highest BCUT2D eigenvalue weighted by Crippen LogP contribution is 2.37. The second-order valence-electron chi connectivity index (χ2n) is 4.15. The van der Waals surface area contributed by atoms with Gasteiger partial charge >= 0.3 is 12.1 Å². The van der Waals surface area contributed by atoms with E-state index in [0.717, 1.165) is 6.07 Å². The molecule has 0 saturated heterocycles. The smallest absolute Gasteiger partial charge is 0.471 e. The lowest BCUT2D eigenvalue weighted by Gasteiger charge is -2.24. The molecular weight excluding hydrogens is 249 g/mol. The summed E-state index contributed by atoms with van der Waals surface area (Å²) in [5, 5.41) is 9.23. The van der Waals surface area contributed by atoms with Crippen LogP contribution in [-0.4, -0.2) is 23.2 Å². The highest BCUT2D eigenvalue weighted by molar-refractivity contribution is 5.98. The molecule has 0 aromatic heterocycles. The molecule has 1 amide bonds. The molecule has 4 nitrogen and oxygen atoms in total. The summed E-state index contributed by atoms with van der Waals surface area (Å²) in [4.78, 5) is 12.0. The molecule has 3 N–H and O–H groups in total. The van der Waals surface area contributed by atoms with Crippen LogP contribution in [-0.2, 0) is 4.79 Å².